The lowest BCUT2D eigenvalue weighted by Crippen LogP contribution is -2.55. The Morgan fingerprint density at radius 1 is 1.07 bits per heavy atom. The minimum atomic E-state index is -0.961. The van der Waals surface area contributed by atoms with Crippen molar-refractivity contribution in [1.82, 2.24) is 5.32 Å². The molecule has 0 aromatic rings. The number of nitrogens with zero attached hydrogens (tertiary/aromatic N) is 1. The molecule has 1 aliphatic heterocycles. The van der Waals surface area contributed by atoms with Crippen molar-refractivity contribution in [3.63, 3.8) is 0 Å². The quantitative estimate of drug-likeness (QED) is 0.697. The first-order valence-corrected chi connectivity index (χ1v) is 11.7. The van der Waals surface area contributed by atoms with Crippen molar-refractivity contribution in [2.75, 3.05) is 13.1 Å². The summed E-state index contributed by atoms with van der Waals surface area (Å²) in [5.74, 6) is 2.43. The average Bonchev–Trinajstić information content (AvgIpc) is 3.28. The highest BCUT2D eigenvalue weighted by atomic mass is 19.1. The first-order chi connectivity index (χ1) is 13.4. The third kappa shape index (κ3) is 2.86. The minimum absolute atomic E-state index is 0.0745. The summed E-state index contributed by atoms with van der Waals surface area (Å²) in [7, 11) is 0. The van der Waals surface area contributed by atoms with Gasteiger partial charge in [0.15, 0.2) is 0 Å². The van der Waals surface area contributed by atoms with Crippen molar-refractivity contribution in [3.8, 4) is 0 Å². The Morgan fingerprint density at radius 3 is 2.68 bits per heavy atom. The van der Waals surface area contributed by atoms with Gasteiger partial charge in [-0.15, -0.1) is 0 Å². The maximum atomic E-state index is 15.2. The lowest BCUT2D eigenvalue weighted by Gasteiger charge is -2.60. The van der Waals surface area contributed by atoms with E-state index in [0.717, 1.165) is 51.6 Å². The Bertz CT molecular complexity index is 636. The monoisotopic (exact) mass is 392 g/mol. The first-order valence-electron chi connectivity index (χ1n) is 11.7. The molecule has 5 heteroatoms. The van der Waals surface area contributed by atoms with E-state index < -0.39 is 6.17 Å². The van der Waals surface area contributed by atoms with E-state index in [0.29, 0.717) is 35.8 Å². The maximum Gasteiger partial charge on any atom is 0.142 e. The SMILES string of the molecule is C[C@]12CC[C@H]3[C@@H](CCC4C/C(=N\O[C@@H]5CCNC5)[C@H](F)C[C@@]43C)[C@@H]1CC[C@@H]2O. The van der Waals surface area contributed by atoms with Gasteiger partial charge in [-0.3, -0.25) is 0 Å². The van der Waals surface area contributed by atoms with Crippen molar-refractivity contribution < 1.29 is 14.3 Å². The maximum absolute atomic E-state index is 15.2. The van der Waals surface area contributed by atoms with Gasteiger partial charge in [0.2, 0.25) is 0 Å². The molecule has 2 N–H and O–H groups in total. The van der Waals surface area contributed by atoms with Crippen LogP contribution in [-0.4, -0.2) is 42.3 Å². The van der Waals surface area contributed by atoms with Crippen LogP contribution in [0, 0.1) is 34.5 Å². The third-order valence-corrected chi connectivity index (χ3v) is 9.79. The van der Waals surface area contributed by atoms with Crippen LogP contribution in [0.5, 0.6) is 0 Å². The average molecular weight is 393 g/mol. The molecule has 5 aliphatic rings. The topological polar surface area (TPSA) is 53.8 Å². The van der Waals surface area contributed by atoms with Gasteiger partial charge in [-0.1, -0.05) is 19.0 Å². The van der Waals surface area contributed by atoms with E-state index >= 15 is 4.39 Å². The number of halogens is 1. The van der Waals surface area contributed by atoms with Gasteiger partial charge in [0.25, 0.3) is 0 Å². The Kier molecular flexibility index (Phi) is 4.78. The molecular weight excluding hydrogens is 355 g/mol. The minimum Gasteiger partial charge on any atom is -0.393 e. The summed E-state index contributed by atoms with van der Waals surface area (Å²) < 4.78 is 15.2. The van der Waals surface area contributed by atoms with Crippen LogP contribution in [0.1, 0.15) is 71.6 Å². The Morgan fingerprint density at radius 2 is 1.89 bits per heavy atom. The molecule has 4 saturated carbocycles. The van der Waals surface area contributed by atoms with Gasteiger partial charge in [0.05, 0.1) is 11.8 Å². The molecule has 5 rings (SSSR count). The number of hydrogen-bond donors (Lipinski definition) is 2. The molecule has 1 unspecified atom stereocenters. The Balaban J connectivity index is 1.33. The van der Waals surface area contributed by atoms with E-state index in [1.165, 1.54) is 12.8 Å². The molecule has 0 aromatic carbocycles. The molecule has 4 aliphatic carbocycles. The predicted octanol–water partition coefficient (Wildman–Crippen LogP) is 4.07. The van der Waals surface area contributed by atoms with Crippen LogP contribution in [0.4, 0.5) is 4.39 Å². The fraction of sp³-hybridized carbons (Fsp3) is 0.957. The van der Waals surface area contributed by atoms with Crippen molar-refractivity contribution in [3.05, 3.63) is 0 Å². The second-order valence-corrected chi connectivity index (χ2v) is 11.0. The van der Waals surface area contributed by atoms with Gasteiger partial charge in [-0.25, -0.2) is 4.39 Å². The highest BCUT2D eigenvalue weighted by Crippen LogP contribution is 2.66. The van der Waals surface area contributed by atoms with Crippen LogP contribution in [-0.2, 0) is 4.84 Å². The fourth-order valence-corrected chi connectivity index (χ4v) is 8.00. The first kappa shape index (κ1) is 19.3. The molecule has 28 heavy (non-hydrogen) atoms. The number of fused-ring (bicyclic) bond motifs is 5. The molecule has 0 bridgehead atoms. The lowest BCUT2D eigenvalue weighted by atomic mass is 9.45. The molecule has 9 atom stereocenters. The summed E-state index contributed by atoms with van der Waals surface area (Å²) in [6.45, 7) is 6.48. The number of alkyl halides is 1. The van der Waals surface area contributed by atoms with Crippen LogP contribution < -0.4 is 5.32 Å². The summed E-state index contributed by atoms with van der Waals surface area (Å²) in [5.41, 5.74) is 0.833. The van der Waals surface area contributed by atoms with Crippen LogP contribution >= 0.6 is 0 Å². The van der Waals surface area contributed by atoms with Gasteiger partial charge in [0, 0.05) is 13.0 Å². The van der Waals surface area contributed by atoms with Crippen LogP contribution in [0.2, 0.25) is 0 Å². The van der Waals surface area contributed by atoms with Gasteiger partial charge >= 0.3 is 0 Å². The zero-order chi connectivity index (χ0) is 19.5. The molecule has 1 saturated heterocycles. The summed E-state index contributed by atoms with van der Waals surface area (Å²) >= 11 is 0. The smallest absolute Gasteiger partial charge is 0.142 e. The molecule has 0 radical (unpaired) electrons. The summed E-state index contributed by atoms with van der Waals surface area (Å²) in [6.07, 6.45) is 8.16. The number of nitrogens with one attached hydrogen (secondary N) is 1. The number of aliphatic hydroxyl groups is 1. The Hall–Kier alpha value is -0.680. The number of rotatable bonds is 2. The molecule has 158 valence electrons. The second-order valence-electron chi connectivity index (χ2n) is 11.0. The zero-order valence-electron chi connectivity index (χ0n) is 17.5. The van der Waals surface area contributed by atoms with Gasteiger partial charge in [-0.05, 0) is 92.4 Å². The number of aliphatic hydroxyl groups excluding tert-OH is 1. The third-order valence-electron chi connectivity index (χ3n) is 9.79. The van der Waals surface area contributed by atoms with Crippen molar-refractivity contribution in [1.29, 1.82) is 0 Å². The lowest BCUT2D eigenvalue weighted by molar-refractivity contribution is -0.118. The van der Waals surface area contributed by atoms with E-state index in [9.17, 15) is 5.11 Å². The molecule has 0 aromatic heterocycles. The fourth-order valence-electron chi connectivity index (χ4n) is 8.00. The number of hydrogen-bond acceptors (Lipinski definition) is 4. The van der Waals surface area contributed by atoms with E-state index in [2.05, 4.69) is 24.3 Å². The van der Waals surface area contributed by atoms with Gasteiger partial charge in [0.1, 0.15) is 12.3 Å². The van der Waals surface area contributed by atoms with Crippen LogP contribution in [0.3, 0.4) is 0 Å². The molecule has 5 fully saturated rings. The predicted molar refractivity (Wildman–Crippen MR) is 108 cm³/mol. The molecular formula is C23H37FN2O2. The normalized spacial score (nSPS) is 54.9. The van der Waals surface area contributed by atoms with Crippen molar-refractivity contribution in [2.45, 2.75) is 90.0 Å². The highest BCUT2D eigenvalue weighted by molar-refractivity contribution is 5.89. The van der Waals surface area contributed by atoms with Gasteiger partial charge < -0.3 is 15.3 Å². The standard InChI is InChI=1S/C23H37FN2O2/c1-22-9-7-18-16(17(22)5-6-21(22)27)4-3-14-11-20(19(24)12-23(14,18)2)26-28-15-8-10-25-13-15/h14-19,21,25,27H,3-13H2,1-2H3/b26-20+/t14?,15-,16+,17+,18+,19-,21+,22+,23+/m1/s1. The summed E-state index contributed by atoms with van der Waals surface area (Å²) in [4.78, 5) is 5.67. The Labute approximate surface area is 168 Å². The summed E-state index contributed by atoms with van der Waals surface area (Å²) in [5, 5.41) is 18.2. The molecule has 0 spiro atoms. The van der Waals surface area contributed by atoms with E-state index in [-0.39, 0.29) is 23.0 Å². The molecule has 1 heterocycles. The highest BCUT2D eigenvalue weighted by Gasteiger charge is 2.61. The second kappa shape index (κ2) is 6.94. The van der Waals surface area contributed by atoms with Crippen molar-refractivity contribution in [2.24, 2.45) is 39.7 Å². The molecule has 4 nitrogen and oxygen atoms in total. The van der Waals surface area contributed by atoms with Gasteiger partial charge in [-0.2, -0.15) is 0 Å². The zero-order valence-corrected chi connectivity index (χ0v) is 17.5. The van der Waals surface area contributed by atoms with E-state index in [1.54, 1.807) is 0 Å². The number of oxime groups is 1. The summed E-state index contributed by atoms with van der Waals surface area (Å²) in [6, 6.07) is 0. The van der Waals surface area contributed by atoms with Crippen molar-refractivity contribution >= 4 is 5.71 Å². The van der Waals surface area contributed by atoms with Crippen LogP contribution in [0.25, 0.3) is 0 Å². The van der Waals surface area contributed by atoms with Crippen LogP contribution in [0.15, 0.2) is 5.16 Å². The molecule has 0 amide bonds. The van der Waals surface area contributed by atoms with E-state index in [4.69, 9.17) is 4.84 Å². The largest absolute Gasteiger partial charge is 0.393 e. The van der Waals surface area contributed by atoms with E-state index in [1.807, 2.05) is 0 Å².